The zero-order valence-corrected chi connectivity index (χ0v) is 10.2. The summed E-state index contributed by atoms with van der Waals surface area (Å²) >= 11 is 0. The van der Waals surface area contributed by atoms with Gasteiger partial charge in [-0.3, -0.25) is 4.90 Å². The molecule has 0 unspecified atom stereocenters. The van der Waals surface area contributed by atoms with Gasteiger partial charge in [0.1, 0.15) is 5.82 Å². The molecule has 1 fully saturated rings. The van der Waals surface area contributed by atoms with Gasteiger partial charge < -0.3 is 5.32 Å². The lowest BCUT2D eigenvalue weighted by Crippen LogP contribution is -2.39. The molecule has 0 atom stereocenters. The van der Waals surface area contributed by atoms with Gasteiger partial charge in [-0.05, 0) is 37.5 Å². The number of rotatable bonds is 3. The first-order valence-electron chi connectivity index (χ1n) is 6.06. The number of likely N-dealkylation sites (tertiary alicyclic amines) is 1. The second kappa shape index (κ2) is 5.65. The van der Waals surface area contributed by atoms with Crippen molar-refractivity contribution in [2.75, 3.05) is 25.0 Å². The second-order valence-electron chi connectivity index (χ2n) is 4.57. The Morgan fingerprint density at radius 3 is 2.94 bits per heavy atom. The summed E-state index contributed by atoms with van der Waals surface area (Å²) in [7, 11) is 0. The zero-order valence-electron chi connectivity index (χ0n) is 10.2. The summed E-state index contributed by atoms with van der Waals surface area (Å²) < 4.78 is 0. The van der Waals surface area contributed by atoms with Crippen LogP contribution in [-0.2, 0) is 0 Å². The monoisotopic (exact) mass is 230 g/mol. The van der Waals surface area contributed by atoms with E-state index in [1.54, 1.807) is 0 Å². The molecule has 1 aliphatic heterocycles. The number of piperidine rings is 1. The Balaban J connectivity index is 1.84. The van der Waals surface area contributed by atoms with E-state index in [1.165, 1.54) is 5.56 Å². The SMILES string of the molecule is Cc1ccnc(NC2CCN(CC#N)CC2)c1. The van der Waals surface area contributed by atoms with Crippen molar-refractivity contribution < 1.29 is 0 Å². The summed E-state index contributed by atoms with van der Waals surface area (Å²) in [4.78, 5) is 6.51. The molecule has 90 valence electrons. The van der Waals surface area contributed by atoms with Crippen LogP contribution in [0.1, 0.15) is 18.4 Å². The first kappa shape index (κ1) is 11.9. The highest BCUT2D eigenvalue weighted by molar-refractivity contribution is 5.38. The molecule has 0 bridgehead atoms. The van der Waals surface area contributed by atoms with Gasteiger partial charge >= 0.3 is 0 Å². The minimum absolute atomic E-state index is 0.485. The van der Waals surface area contributed by atoms with E-state index in [9.17, 15) is 0 Å². The van der Waals surface area contributed by atoms with E-state index in [0.717, 1.165) is 31.7 Å². The maximum atomic E-state index is 8.63. The van der Waals surface area contributed by atoms with Crippen LogP contribution in [-0.4, -0.2) is 35.6 Å². The highest BCUT2D eigenvalue weighted by Gasteiger charge is 2.18. The normalized spacial score (nSPS) is 17.6. The topological polar surface area (TPSA) is 52.0 Å². The average molecular weight is 230 g/mol. The van der Waals surface area contributed by atoms with Gasteiger partial charge in [0.2, 0.25) is 0 Å². The van der Waals surface area contributed by atoms with E-state index in [2.05, 4.69) is 34.3 Å². The van der Waals surface area contributed by atoms with Crippen LogP contribution in [0.15, 0.2) is 18.3 Å². The quantitative estimate of drug-likeness (QED) is 0.804. The third kappa shape index (κ3) is 3.43. The molecule has 1 aromatic rings. The second-order valence-corrected chi connectivity index (χ2v) is 4.57. The molecular weight excluding hydrogens is 212 g/mol. The lowest BCUT2D eigenvalue weighted by Gasteiger charge is -2.30. The minimum atomic E-state index is 0.485. The van der Waals surface area contributed by atoms with Crippen molar-refractivity contribution >= 4 is 5.82 Å². The summed E-state index contributed by atoms with van der Waals surface area (Å²) in [6.45, 7) is 4.62. The number of pyridine rings is 1. The number of hydrogen-bond acceptors (Lipinski definition) is 4. The van der Waals surface area contributed by atoms with Crippen LogP contribution in [0.2, 0.25) is 0 Å². The van der Waals surface area contributed by atoms with Gasteiger partial charge in [-0.2, -0.15) is 5.26 Å². The molecule has 1 aromatic heterocycles. The van der Waals surface area contributed by atoms with Crippen LogP contribution < -0.4 is 5.32 Å². The Bertz CT molecular complexity index is 402. The third-order valence-corrected chi connectivity index (χ3v) is 3.15. The van der Waals surface area contributed by atoms with Gasteiger partial charge in [-0.15, -0.1) is 0 Å². The Morgan fingerprint density at radius 1 is 1.53 bits per heavy atom. The summed E-state index contributed by atoms with van der Waals surface area (Å²) in [6.07, 6.45) is 4.00. The minimum Gasteiger partial charge on any atom is -0.367 e. The van der Waals surface area contributed by atoms with E-state index in [1.807, 2.05) is 12.3 Å². The number of hydrogen-bond donors (Lipinski definition) is 1. The number of aromatic nitrogens is 1. The lowest BCUT2D eigenvalue weighted by atomic mass is 10.1. The predicted octanol–water partition coefficient (Wildman–Crippen LogP) is 1.79. The maximum absolute atomic E-state index is 8.63. The highest BCUT2D eigenvalue weighted by Crippen LogP contribution is 2.15. The van der Waals surface area contributed by atoms with Crippen molar-refractivity contribution in [1.29, 1.82) is 5.26 Å². The Labute approximate surface area is 102 Å². The molecule has 1 saturated heterocycles. The summed E-state index contributed by atoms with van der Waals surface area (Å²) in [5.41, 5.74) is 1.23. The number of anilines is 1. The molecule has 1 aliphatic rings. The van der Waals surface area contributed by atoms with Crippen molar-refractivity contribution in [3.63, 3.8) is 0 Å². The van der Waals surface area contributed by atoms with Crippen LogP contribution >= 0.6 is 0 Å². The first-order chi connectivity index (χ1) is 8.28. The fourth-order valence-electron chi connectivity index (χ4n) is 2.16. The van der Waals surface area contributed by atoms with Gasteiger partial charge in [-0.1, -0.05) is 0 Å². The van der Waals surface area contributed by atoms with Crippen molar-refractivity contribution in [3.8, 4) is 6.07 Å². The molecule has 0 radical (unpaired) electrons. The fraction of sp³-hybridized carbons (Fsp3) is 0.538. The van der Waals surface area contributed by atoms with Gasteiger partial charge in [0.25, 0.3) is 0 Å². The molecular formula is C13H18N4. The molecule has 2 rings (SSSR count). The molecule has 0 amide bonds. The van der Waals surface area contributed by atoms with Crippen molar-refractivity contribution in [3.05, 3.63) is 23.9 Å². The zero-order chi connectivity index (χ0) is 12.1. The summed E-state index contributed by atoms with van der Waals surface area (Å²) in [5.74, 6) is 0.962. The molecule has 4 nitrogen and oxygen atoms in total. The van der Waals surface area contributed by atoms with Crippen LogP contribution in [0.25, 0.3) is 0 Å². The van der Waals surface area contributed by atoms with E-state index in [0.29, 0.717) is 12.6 Å². The molecule has 4 heteroatoms. The van der Waals surface area contributed by atoms with Crippen molar-refractivity contribution in [1.82, 2.24) is 9.88 Å². The van der Waals surface area contributed by atoms with E-state index < -0.39 is 0 Å². The Morgan fingerprint density at radius 2 is 2.29 bits per heavy atom. The largest absolute Gasteiger partial charge is 0.367 e. The van der Waals surface area contributed by atoms with E-state index in [4.69, 9.17) is 5.26 Å². The van der Waals surface area contributed by atoms with Gasteiger partial charge in [0.15, 0.2) is 0 Å². The van der Waals surface area contributed by atoms with Crippen LogP contribution in [0, 0.1) is 18.3 Å². The fourth-order valence-corrected chi connectivity index (χ4v) is 2.16. The summed E-state index contributed by atoms with van der Waals surface area (Å²) in [6, 6.07) is 6.76. The molecule has 17 heavy (non-hydrogen) atoms. The van der Waals surface area contributed by atoms with Crippen LogP contribution in [0.4, 0.5) is 5.82 Å². The molecule has 0 aromatic carbocycles. The average Bonchev–Trinajstić information content (AvgIpc) is 2.32. The maximum Gasteiger partial charge on any atom is 0.126 e. The van der Waals surface area contributed by atoms with Crippen LogP contribution in [0.3, 0.4) is 0 Å². The van der Waals surface area contributed by atoms with Gasteiger partial charge in [0.05, 0.1) is 12.6 Å². The molecule has 0 saturated carbocycles. The van der Waals surface area contributed by atoms with Crippen molar-refractivity contribution in [2.45, 2.75) is 25.8 Å². The molecule has 1 N–H and O–H groups in total. The Hall–Kier alpha value is -1.60. The first-order valence-corrected chi connectivity index (χ1v) is 6.06. The summed E-state index contributed by atoms with van der Waals surface area (Å²) in [5, 5.41) is 12.1. The standard InChI is InChI=1S/C13H18N4/c1-11-2-6-15-13(10-11)16-12-3-7-17(8-4-12)9-5-14/h2,6,10,12H,3-4,7-9H2,1H3,(H,15,16). The number of nitriles is 1. The highest BCUT2D eigenvalue weighted by atomic mass is 15.1. The van der Waals surface area contributed by atoms with E-state index in [-0.39, 0.29) is 0 Å². The molecule has 0 spiro atoms. The van der Waals surface area contributed by atoms with Gasteiger partial charge in [0, 0.05) is 25.3 Å². The third-order valence-electron chi connectivity index (χ3n) is 3.15. The smallest absolute Gasteiger partial charge is 0.126 e. The predicted molar refractivity (Wildman–Crippen MR) is 67.7 cm³/mol. The lowest BCUT2D eigenvalue weighted by molar-refractivity contribution is 0.242. The number of aryl methyl sites for hydroxylation is 1. The van der Waals surface area contributed by atoms with Gasteiger partial charge in [-0.25, -0.2) is 4.98 Å². The van der Waals surface area contributed by atoms with Crippen molar-refractivity contribution in [2.24, 2.45) is 0 Å². The number of nitrogens with zero attached hydrogens (tertiary/aromatic N) is 3. The Kier molecular flexibility index (Phi) is 3.94. The van der Waals surface area contributed by atoms with Crippen LogP contribution in [0.5, 0.6) is 0 Å². The van der Waals surface area contributed by atoms with E-state index >= 15 is 0 Å². The molecule has 0 aliphatic carbocycles. The molecule has 2 heterocycles. The number of nitrogens with one attached hydrogen (secondary N) is 1.